The van der Waals surface area contributed by atoms with Crippen LogP contribution in [0.4, 0.5) is 0 Å². The first-order valence-electron chi connectivity index (χ1n) is 6.00. The molecule has 0 fully saturated rings. The van der Waals surface area contributed by atoms with E-state index in [0.29, 0.717) is 5.15 Å². The number of halogens is 1. The molecule has 0 N–H and O–H groups in total. The van der Waals surface area contributed by atoms with E-state index in [1.165, 1.54) is 0 Å². The van der Waals surface area contributed by atoms with Crippen molar-refractivity contribution in [3.05, 3.63) is 59.5 Å². The second-order valence-corrected chi connectivity index (χ2v) is 4.72. The number of fused-ring (bicyclic) bond motifs is 1. The van der Waals surface area contributed by atoms with Crippen molar-refractivity contribution in [2.24, 2.45) is 0 Å². The van der Waals surface area contributed by atoms with Crippen molar-refractivity contribution in [1.82, 2.24) is 9.55 Å². The molecule has 0 radical (unpaired) electrons. The van der Waals surface area contributed by atoms with E-state index < -0.39 is 0 Å². The number of ether oxygens (including phenoxy) is 1. The molecule has 0 atom stereocenters. The molecule has 1 aromatic carbocycles. The minimum absolute atomic E-state index is 0.513. The summed E-state index contributed by atoms with van der Waals surface area (Å²) in [6, 6.07) is 12.0. The van der Waals surface area contributed by atoms with Gasteiger partial charge in [0.1, 0.15) is 10.9 Å². The summed E-state index contributed by atoms with van der Waals surface area (Å²) in [5.74, 6) is 0.887. The minimum atomic E-state index is 0.513. The van der Waals surface area contributed by atoms with Gasteiger partial charge in [0.2, 0.25) is 0 Å². The first-order valence-corrected chi connectivity index (χ1v) is 6.38. The zero-order valence-electron chi connectivity index (χ0n) is 10.5. The summed E-state index contributed by atoms with van der Waals surface area (Å²) in [6.45, 7) is 0.744. The summed E-state index contributed by atoms with van der Waals surface area (Å²) in [5, 5.41) is 1.63. The molecule has 0 saturated heterocycles. The van der Waals surface area contributed by atoms with E-state index in [0.717, 1.165) is 28.8 Å². The number of benzene rings is 1. The molecule has 19 heavy (non-hydrogen) atoms. The van der Waals surface area contributed by atoms with E-state index >= 15 is 0 Å². The normalized spacial score (nSPS) is 10.8. The molecule has 0 saturated carbocycles. The van der Waals surface area contributed by atoms with Gasteiger partial charge < -0.3 is 9.30 Å². The average molecular weight is 273 g/mol. The van der Waals surface area contributed by atoms with E-state index in [-0.39, 0.29) is 0 Å². The molecule has 3 rings (SSSR count). The molecule has 2 aromatic heterocycles. The first-order chi connectivity index (χ1) is 9.28. The predicted octanol–water partition coefficient (Wildman–Crippen LogP) is 3.75. The highest BCUT2D eigenvalue weighted by Gasteiger charge is 2.08. The highest BCUT2D eigenvalue weighted by molar-refractivity contribution is 6.29. The van der Waals surface area contributed by atoms with Crippen molar-refractivity contribution in [2.45, 2.75) is 6.54 Å². The number of rotatable bonds is 3. The van der Waals surface area contributed by atoms with Gasteiger partial charge in [0.05, 0.1) is 12.6 Å². The van der Waals surface area contributed by atoms with E-state index in [9.17, 15) is 0 Å². The van der Waals surface area contributed by atoms with E-state index in [1.807, 2.05) is 24.4 Å². The second-order valence-electron chi connectivity index (χ2n) is 4.33. The van der Waals surface area contributed by atoms with Crippen molar-refractivity contribution in [1.29, 1.82) is 0 Å². The van der Waals surface area contributed by atoms with E-state index in [2.05, 4.69) is 21.7 Å². The van der Waals surface area contributed by atoms with Crippen LogP contribution in [0.25, 0.3) is 10.9 Å². The van der Waals surface area contributed by atoms with Crippen LogP contribution in [0.5, 0.6) is 5.75 Å². The highest BCUT2D eigenvalue weighted by Crippen LogP contribution is 2.28. The molecular formula is C15H13ClN2O. The van der Waals surface area contributed by atoms with Gasteiger partial charge >= 0.3 is 0 Å². The topological polar surface area (TPSA) is 27.1 Å². The van der Waals surface area contributed by atoms with Crippen molar-refractivity contribution < 1.29 is 4.74 Å². The maximum absolute atomic E-state index is 5.80. The summed E-state index contributed by atoms with van der Waals surface area (Å²) in [6.07, 6.45) is 3.81. The molecule has 0 aliphatic heterocycles. The van der Waals surface area contributed by atoms with Crippen LogP contribution in [0.3, 0.4) is 0 Å². The maximum Gasteiger partial charge on any atom is 0.144 e. The van der Waals surface area contributed by atoms with Gasteiger partial charge in [-0.05, 0) is 23.8 Å². The van der Waals surface area contributed by atoms with Crippen molar-refractivity contribution in [2.75, 3.05) is 7.11 Å². The standard InChI is InChI=1S/C15H13ClN2O/c1-19-14-10-18(13-5-3-2-4-12(13)14)9-11-6-7-15(16)17-8-11/h2-8,10H,9H2,1H3. The fourth-order valence-corrected chi connectivity index (χ4v) is 2.32. The van der Waals surface area contributed by atoms with Crippen LogP contribution in [0, 0.1) is 0 Å². The zero-order valence-corrected chi connectivity index (χ0v) is 11.3. The van der Waals surface area contributed by atoms with Gasteiger partial charge in [-0.3, -0.25) is 0 Å². The molecule has 0 aliphatic rings. The van der Waals surface area contributed by atoms with Gasteiger partial charge in [-0.1, -0.05) is 29.8 Å². The lowest BCUT2D eigenvalue weighted by atomic mass is 10.2. The summed E-state index contributed by atoms with van der Waals surface area (Å²) in [5.41, 5.74) is 2.25. The van der Waals surface area contributed by atoms with E-state index in [4.69, 9.17) is 16.3 Å². The Hall–Kier alpha value is -2.00. The third kappa shape index (κ3) is 2.29. The predicted molar refractivity (Wildman–Crippen MR) is 76.8 cm³/mol. The Kier molecular flexibility index (Phi) is 3.13. The smallest absolute Gasteiger partial charge is 0.144 e. The molecule has 0 unspecified atom stereocenters. The summed E-state index contributed by atoms with van der Waals surface area (Å²) < 4.78 is 7.56. The van der Waals surface area contributed by atoms with Crippen LogP contribution in [0.1, 0.15) is 5.56 Å². The molecule has 3 nitrogen and oxygen atoms in total. The third-order valence-electron chi connectivity index (χ3n) is 3.11. The number of hydrogen-bond donors (Lipinski definition) is 0. The lowest BCUT2D eigenvalue weighted by molar-refractivity contribution is 0.418. The first kappa shape index (κ1) is 12.1. The Morgan fingerprint density at radius 3 is 2.79 bits per heavy atom. The fraction of sp³-hybridized carbons (Fsp3) is 0.133. The fourth-order valence-electron chi connectivity index (χ4n) is 2.20. The molecule has 0 amide bonds. The molecular weight excluding hydrogens is 260 g/mol. The Labute approximate surface area is 116 Å². The van der Waals surface area contributed by atoms with Gasteiger partial charge in [0.25, 0.3) is 0 Å². The minimum Gasteiger partial charge on any atom is -0.495 e. The van der Waals surface area contributed by atoms with Gasteiger partial charge in [0, 0.05) is 24.3 Å². The van der Waals surface area contributed by atoms with Gasteiger partial charge in [-0.25, -0.2) is 4.98 Å². The zero-order chi connectivity index (χ0) is 13.2. The summed E-state index contributed by atoms with van der Waals surface area (Å²) in [4.78, 5) is 4.10. The number of para-hydroxylation sites is 1. The summed E-state index contributed by atoms with van der Waals surface area (Å²) in [7, 11) is 1.69. The van der Waals surface area contributed by atoms with E-state index in [1.54, 1.807) is 19.4 Å². The molecule has 4 heteroatoms. The van der Waals surface area contributed by atoms with Crippen LogP contribution in [0.15, 0.2) is 48.8 Å². The van der Waals surface area contributed by atoms with Crippen molar-refractivity contribution >= 4 is 22.5 Å². The average Bonchev–Trinajstić information content (AvgIpc) is 2.80. The highest BCUT2D eigenvalue weighted by atomic mass is 35.5. The summed E-state index contributed by atoms with van der Waals surface area (Å²) >= 11 is 5.80. The van der Waals surface area contributed by atoms with Crippen LogP contribution in [-0.2, 0) is 6.54 Å². The van der Waals surface area contributed by atoms with Gasteiger partial charge in [-0.2, -0.15) is 0 Å². The Balaban J connectivity index is 2.03. The monoisotopic (exact) mass is 272 g/mol. The third-order valence-corrected chi connectivity index (χ3v) is 3.34. The molecule has 3 aromatic rings. The van der Waals surface area contributed by atoms with Crippen molar-refractivity contribution in [3.63, 3.8) is 0 Å². The van der Waals surface area contributed by atoms with Crippen LogP contribution in [-0.4, -0.2) is 16.7 Å². The Morgan fingerprint density at radius 1 is 1.21 bits per heavy atom. The largest absolute Gasteiger partial charge is 0.495 e. The molecule has 2 heterocycles. The van der Waals surface area contributed by atoms with Crippen molar-refractivity contribution in [3.8, 4) is 5.75 Å². The van der Waals surface area contributed by atoms with Gasteiger partial charge in [-0.15, -0.1) is 0 Å². The lowest BCUT2D eigenvalue weighted by Gasteiger charge is -2.04. The number of pyridine rings is 1. The maximum atomic E-state index is 5.80. The number of nitrogens with zero attached hydrogens (tertiary/aromatic N) is 2. The van der Waals surface area contributed by atoms with Gasteiger partial charge in [0.15, 0.2) is 0 Å². The van der Waals surface area contributed by atoms with Crippen LogP contribution < -0.4 is 4.74 Å². The molecule has 0 bridgehead atoms. The number of hydrogen-bond acceptors (Lipinski definition) is 2. The SMILES string of the molecule is COc1cn(Cc2ccc(Cl)nc2)c2ccccc12. The lowest BCUT2D eigenvalue weighted by Crippen LogP contribution is -1.98. The molecule has 0 aliphatic carbocycles. The quantitative estimate of drug-likeness (QED) is 0.679. The Bertz CT molecular complexity index is 704. The van der Waals surface area contributed by atoms with Crippen LogP contribution >= 0.6 is 11.6 Å². The number of aromatic nitrogens is 2. The molecule has 96 valence electrons. The second kappa shape index (κ2) is 4.94. The Morgan fingerprint density at radius 2 is 2.05 bits per heavy atom. The van der Waals surface area contributed by atoms with Crippen LogP contribution in [0.2, 0.25) is 5.15 Å². The molecule has 0 spiro atoms. The number of methoxy groups -OCH3 is 1.